The molecule has 0 N–H and O–H groups in total. The minimum absolute atomic E-state index is 0.477. The lowest BCUT2D eigenvalue weighted by Gasteiger charge is -2.24. The Labute approximate surface area is 100 Å². The Morgan fingerprint density at radius 2 is 2.29 bits per heavy atom. The molecule has 3 nitrogen and oxygen atoms in total. The highest BCUT2D eigenvalue weighted by Crippen LogP contribution is 2.36. The quantitative estimate of drug-likeness (QED) is 0.757. The van der Waals surface area contributed by atoms with Gasteiger partial charge in [0.25, 0.3) is 0 Å². The summed E-state index contributed by atoms with van der Waals surface area (Å²) in [4.78, 5) is 15.2. The van der Waals surface area contributed by atoms with Gasteiger partial charge < -0.3 is 9.36 Å². The van der Waals surface area contributed by atoms with Gasteiger partial charge in [0.15, 0.2) is 0 Å². The Kier molecular flexibility index (Phi) is 2.46. The number of aldehydes is 1. The van der Waals surface area contributed by atoms with Gasteiger partial charge in [0.2, 0.25) is 0 Å². The average Bonchev–Trinajstić information content (AvgIpc) is 2.54. The molecule has 3 heteroatoms. The molecule has 1 aromatic heterocycles. The van der Waals surface area contributed by atoms with Gasteiger partial charge in [0, 0.05) is 19.4 Å². The van der Waals surface area contributed by atoms with Crippen LogP contribution in [0.3, 0.4) is 0 Å². The number of aryl methyl sites for hydroxylation is 1. The van der Waals surface area contributed by atoms with E-state index in [1.807, 2.05) is 12.1 Å². The summed E-state index contributed by atoms with van der Waals surface area (Å²) in [5, 5.41) is 0. The van der Waals surface area contributed by atoms with Gasteiger partial charge in [-0.25, -0.2) is 4.98 Å². The van der Waals surface area contributed by atoms with Crippen molar-refractivity contribution in [1.82, 2.24) is 9.55 Å². The summed E-state index contributed by atoms with van der Waals surface area (Å²) in [6.45, 7) is 0. The summed E-state index contributed by atoms with van der Waals surface area (Å²) < 4.78 is 2.20. The van der Waals surface area contributed by atoms with E-state index in [4.69, 9.17) is 4.98 Å². The van der Waals surface area contributed by atoms with E-state index < -0.39 is 0 Å². The van der Waals surface area contributed by atoms with Gasteiger partial charge in [-0.05, 0) is 30.5 Å². The Balaban J connectivity index is 2.08. The second-order valence-corrected chi connectivity index (χ2v) is 4.85. The second-order valence-electron chi connectivity index (χ2n) is 4.85. The molecule has 0 amide bonds. The van der Waals surface area contributed by atoms with Crippen LogP contribution in [0.15, 0.2) is 18.2 Å². The van der Waals surface area contributed by atoms with E-state index in [1.54, 1.807) is 0 Å². The van der Waals surface area contributed by atoms with Crippen molar-refractivity contribution in [2.24, 2.45) is 7.05 Å². The normalized spacial score (nSPS) is 16.1. The third kappa shape index (κ3) is 1.66. The number of imidazole rings is 1. The van der Waals surface area contributed by atoms with E-state index in [-0.39, 0.29) is 0 Å². The van der Waals surface area contributed by atoms with Crippen molar-refractivity contribution in [1.29, 1.82) is 0 Å². The molecular weight excluding hydrogens is 212 g/mol. The van der Waals surface area contributed by atoms with Gasteiger partial charge in [-0.15, -0.1) is 0 Å². The van der Waals surface area contributed by atoms with Gasteiger partial charge in [0.1, 0.15) is 12.1 Å². The molecule has 0 bridgehead atoms. The summed E-state index contributed by atoms with van der Waals surface area (Å²) in [7, 11) is 2.09. The van der Waals surface area contributed by atoms with Crippen molar-refractivity contribution in [3.8, 4) is 0 Å². The van der Waals surface area contributed by atoms with Crippen molar-refractivity contribution in [2.45, 2.75) is 31.6 Å². The smallest absolute Gasteiger partial charge is 0.124 e. The average molecular weight is 228 g/mol. The number of benzene rings is 1. The molecule has 1 aromatic carbocycles. The van der Waals surface area contributed by atoms with Gasteiger partial charge in [0.05, 0.1) is 11.0 Å². The van der Waals surface area contributed by atoms with Crippen molar-refractivity contribution < 1.29 is 4.79 Å². The SMILES string of the molecule is Cn1c(C2CCC2)nc2cc(CC=O)ccc21. The molecule has 2 aromatic rings. The van der Waals surface area contributed by atoms with E-state index in [1.165, 1.54) is 30.6 Å². The predicted octanol–water partition coefficient (Wildman–Crippen LogP) is 2.58. The van der Waals surface area contributed by atoms with Crippen molar-refractivity contribution in [3.05, 3.63) is 29.6 Å². The third-order valence-corrected chi connectivity index (χ3v) is 3.77. The maximum Gasteiger partial charge on any atom is 0.124 e. The first kappa shape index (κ1) is 10.5. The number of carbonyl (C=O) groups excluding carboxylic acids is 1. The fraction of sp³-hybridized carbons (Fsp3) is 0.429. The molecule has 1 heterocycles. The molecule has 1 fully saturated rings. The van der Waals surface area contributed by atoms with Gasteiger partial charge in [-0.1, -0.05) is 12.5 Å². The lowest BCUT2D eigenvalue weighted by Crippen LogP contribution is -2.13. The zero-order valence-corrected chi connectivity index (χ0v) is 10.0. The first-order valence-corrected chi connectivity index (χ1v) is 6.18. The second kappa shape index (κ2) is 3.99. The maximum absolute atomic E-state index is 10.5. The Hall–Kier alpha value is -1.64. The molecule has 1 aliphatic carbocycles. The Morgan fingerprint density at radius 3 is 2.94 bits per heavy atom. The zero-order valence-electron chi connectivity index (χ0n) is 10.0. The van der Waals surface area contributed by atoms with Crippen LogP contribution in [0.2, 0.25) is 0 Å². The monoisotopic (exact) mass is 228 g/mol. The topological polar surface area (TPSA) is 34.9 Å². The standard InChI is InChI=1S/C14H16N2O/c1-16-13-6-5-10(7-8-17)9-12(13)15-14(16)11-3-2-4-11/h5-6,8-9,11H,2-4,7H2,1H3. The first-order chi connectivity index (χ1) is 8.29. The summed E-state index contributed by atoms with van der Waals surface area (Å²) in [6.07, 6.45) is 5.27. The zero-order chi connectivity index (χ0) is 11.8. The molecular formula is C14H16N2O. The number of hydrogen-bond donors (Lipinski definition) is 0. The summed E-state index contributed by atoms with van der Waals surface area (Å²) in [5.74, 6) is 1.84. The summed E-state index contributed by atoms with van der Waals surface area (Å²) >= 11 is 0. The lowest BCUT2D eigenvalue weighted by atomic mass is 9.85. The summed E-state index contributed by atoms with van der Waals surface area (Å²) in [6, 6.07) is 6.12. The highest BCUT2D eigenvalue weighted by atomic mass is 16.1. The van der Waals surface area contributed by atoms with Crippen LogP contribution in [0.5, 0.6) is 0 Å². The first-order valence-electron chi connectivity index (χ1n) is 6.18. The molecule has 0 radical (unpaired) electrons. The van der Waals surface area contributed by atoms with Gasteiger partial charge >= 0.3 is 0 Å². The van der Waals surface area contributed by atoms with Gasteiger partial charge in [-0.3, -0.25) is 0 Å². The van der Waals surface area contributed by atoms with Crippen molar-refractivity contribution in [2.75, 3.05) is 0 Å². The van der Waals surface area contributed by atoms with E-state index in [0.717, 1.165) is 17.4 Å². The van der Waals surface area contributed by atoms with Crippen LogP contribution in [0.4, 0.5) is 0 Å². The minimum Gasteiger partial charge on any atom is -0.331 e. The Morgan fingerprint density at radius 1 is 1.47 bits per heavy atom. The number of fused-ring (bicyclic) bond motifs is 1. The third-order valence-electron chi connectivity index (χ3n) is 3.77. The van der Waals surface area contributed by atoms with Crippen molar-refractivity contribution >= 4 is 17.3 Å². The summed E-state index contributed by atoms with van der Waals surface area (Å²) in [5.41, 5.74) is 3.24. The van der Waals surface area contributed by atoms with Crippen LogP contribution in [0.1, 0.15) is 36.6 Å². The highest BCUT2D eigenvalue weighted by Gasteiger charge is 2.24. The van der Waals surface area contributed by atoms with E-state index in [0.29, 0.717) is 12.3 Å². The van der Waals surface area contributed by atoms with Crippen LogP contribution in [0.25, 0.3) is 11.0 Å². The Bertz CT molecular complexity index is 567. The number of aromatic nitrogens is 2. The maximum atomic E-state index is 10.5. The van der Waals surface area contributed by atoms with Crippen molar-refractivity contribution in [3.63, 3.8) is 0 Å². The van der Waals surface area contributed by atoms with Crippen LogP contribution >= 0.6 is 0 Å². The molecule has 0 atom stereocenters. The molecule has 1 saturated carbocycles. The number of rotatable bonds is 3. The van der Waals surface area contributed by atoms with Crippen LogP contribution in [-0.4, -0.2) is 15.8 Å². The lowest BCUT2D eigenvalue weighted by molar-refractivity contribution is -0.107. The number of carbonyl (C=O) groups is 1. The molecule has 3 rings (SSSR count). The fourth-order valence-electron chi connectivity index (χ4n) is 2.52. The van der Waals surface area contributed by atoms with E-state index in [9.17, 15) is 4.79 Å². The molecule has 0 spiro atoms. The fourth-order valence-corrected chi connectivity index (χ4v) is 2.52. The molecule has 17 heavy (non-hydrogen) atoms. The molecule has 88 valence electrons. The molecule has 0 aliphatic heterocycles. The van der Waals surface area contributed by atoms with E-state index >= 15 is 0 Å². The minimum atomic E-state index is 0.477. The number of hydrogen-bond acceptors (Lipinski definition) is 2. The number of nitrogens with zero attached hydrogens (tertiary/aromatic N) is 2. The van der Waals surface area contributed by atoms with Crippen LogP contribution in [-0.2, 0) is 18.3 Å². The molecule has 1 aliphatic rings. The largest absolute Gasteiger partial charge is 0.331 e. The molecule has 0 unspecified atom stereocenters. The van der Waals surface area contributed by atoms with Crippen LogP contribution in [0, 0.1) is 0 Å². The van der Waals surface area contributed by atoms with E-state index in [2.05, 4.69) is 17.7 Å². The van der Waals surface area contributed by atoms with Crippen LogP contribution < -0.4 is 0 Å². The predicted molar refractivity (Wildman–Crippen MR) is 67.1 cm³/mol. The van der Waals surface area contributed by atoms with Gasteiger partial charge in [-0.2, -0.15) is 0 Å². The molecule has 0 saturated heterocycles. The highest BCUT2D eigenvalue weighted by molar-refractivity contribution is 5.77.